The van der Waals surface area contributed by atoms with Crippen LogP contribution in [0, 0.1) is 0 Å². The molecule has 1 aliphatic heterocycles. The van der Waals surface area contributed by atoms with E-state index >= 15 is 0 Å². The molecule has 0 bridgehead atoms. The van der Waals surface area contributed by atoms with Gasteiger partial charge in [-0.25, -0.2) is 0 Å². The lowest BCUT2D eigenvalue weighted by Gasteiger charge is -2.28. The zero-order valence-electron chi connectivity index (χ0n) is 19.2. The number of ether oxygens (including phenoxy) is 2. The lowest BCUT2D eigenvalue weighted by atomic mass is 9.89. The van der Waals surface area contributed by atoms with Crippen molar-refractivity contribution in [2.45, 2.75) is 45.1 Å². The Morgan fingerprint density at radius 1 is 1.16 bits per heavy atom. The molecule has 5 heteroatoms. The van der Waals surface area contributed by atoms with Crippen LogP contribution in [0.1, 0.15) is 38.7 Å². The molecule has 1 amide bonds. The number of nitrogens with zero attached hydrogens (tertiary/aromatic N) is 1. The second kappa shape index (κ2) is 11.3. The van der Waals surface area contributed by atoms with Crippen LogP contribution in [0.4, 0.5) is 0 Å². The van der Waals surface area contributed by atoms with Crippen molar-refractivity contribution in [1.29, 1.82) is 0 Å². The smallest absolute Gasteiger partial charge is 0.252 e. The van der Waals surface area contributed by atoms with Gasteiger partial charge in [-0.2, -0.15) is 0 Å². The maximum atomic E-state index is 13.1. The van der Waals surface area contributed by atoms with Crippen LogP contribution in [0.5, 0.6) is 5.75 Å². The number of carbonyl (C=O) groups is 1. The van der Waals surface area contributed by atoms with Gasteiger partial charge in [0.1, 0.15) is 5.75 Å². The predicted octanol–water partition coefficient (Wildman–Crippen LogP) is 4.30. The molecule has 1 N–H and O–H groups in total. The fourth-order valence-corrected chi connectivity index (χ4v) is 4.36. The third-order valence-electron chi connectivity index (χ3n) is 6.18. The average Bonchev–Trinajstić information content (AvgIpc) is 3.29. The number of nitrogens with one attached hydrogen (secondary N) is 1. The highest BCUT2D eigenvalue weighted by molar-refractivity contribution is 5.86. The van der Waals surface area contributed by atoms with Crippen molar-refractivity contribution in [3.8, 4) is 16.9 Å². The summed E-state index contributed by atoms with van der Waals surface area (Å²) in [6.45, 7) is 8.74. The van der Waals surface area contributed by atoms with Gasteiger partial charge in [0.25, 0.3) is 5.91 Å². The van der Waals surface area contributed by atoms with Gasteiger partial charge in [-0.3, -0.25) is 4.79 Å². The van der Waals surface area contributed by atoms with Crippen LogP contribution in [0.2, 0.25) is 0 Å². The summed E-state index contributed by atoms with van der Waals surface area (Å²) in [5.41, 5.74) is 2.47. The SMILES string of the molecule is CCN(CC)CCCNC(=O)[C@]1(Cc2cccc(-c3ccccc3OC)c2)CCCO1. The summed E-state index contributed by atoms with van der Waals surface area (Å²) in [7, 11) is 1.69. The summed E-state index contributed by atoms with van der Waals surface area (Å²) in [4.78, 5) is 15.5. The molecule has 31 heavy (non-hydrogen) atoms. The van der Waals surface area contributed by atoms with Crippen LogP contribution >= 0.6 is 0 Å². The molecule has 0 aromatic heterocycles. The first-order chi connectivity index (χ1) is 15.1. The number of carbonyl (C=O) groups excluding carboxylic acids is 1. The molecule has 0 saturated carbocycles. The van der Waals surface area contributed by atoms with E-state index in [-0.39, 0.29) is 5.91 Å². The number of rotatable bonds is 11. The third kappa shape index (κ3) is 5.86. The van der Waals surface area contributed by atoms with E-state index in [1.54, 1.807) is 7.11 Å². The van der Waals surface area contributed by atoms with E-state index in [2.05, 4.69) is 48.3 Å². The molecule has 1 atom stereocenters. The Hall–Kier alpha value is -2.37. The van der Waals surface area contributed by atoms with Crippen molar-refractivity contribution in [3.05, 3.63) is 54.1 Å². The minimum absolute atomic E-state index is 0.0206. The van der Waals surface area contributed by atoms with E-state index in [1.807, 2.05) is 24.3 Å². The summed E-state index contributed by atoms with van der Waals surface area (Å²) < 4.78 is 11.6. The monoisotopic (exact) mass is 424 g/mol. The minimum atomic E-state index is -0.769. The van der Waals surface area contributed by atoms with Crippen LogP contribution in [0.3, 0.4) is 0 Å². The maximum Gasteiger partial charge on any atom is 0.252 e. The van der Waals surface area contributed by atoms with Crippen LogP contribution in [0.15, 0.2) is 48.5 Å². The fraction of sp³-hybridized carbons (Fsp3) is 0.500. The van der Waals surface area contributed by atoms with Crippen molar-refractivity contribution < 1.29 is 14.3 Å². The van der Waals surface area contributed by atoms with Gasteiger partial charge in [-0.05, 0) is 56.1 Å². The van der Waals surface area contributed by atoms with Crippen molar-refractivity contribution in [2.75, 3.05) is 39.9 Å². The van der Waals surface area contributed by atoms with Gasteiger partial charge < -0.3 is 19.7 Å². The molecule has 1 fully saturated rings. The van der Waals surface area contributed by atoms with Crippen molar-refractivity contribution in [2.24, 2.45) is 0 Å². The van der Waals surface area contributed by atoms with Gasteiger partial charge in [-0.15, -0.1) is 0 Å². The van der Waals surface area contributed by atoms with Gasteiger partial charge in [-0.1, -0.05) is 56.3 Å². The highest BCUT2D eigenvalue weighted by Gasteiger charge is 2.42. The molecule has 1 saturated heterocycles. The molecular weight excluding hydrogens is 388 g/mol. The standard InChI is InChI=1S/C26H36N2O3/c1-4-28(5-2)17-10-16-27-25(29)26(15-9-18-31-26)20-21-11-8-12-22(19-21)23-13-6-7-14-24(23)30-3/h6-8,11-14,19H,4-5,9-10,15-18,20H2,1-3H3,(H,27,29)/t26-/m1/s1. The summed E-state index contributed by atoms with van der Waals surface area (Å²) in [6, 6.07) is 16.4. The summed E-state index contributed by atoms with van der Waals surface area (Å²) in [5.74, 6) is 0.865. The highest BCUT2D eigenvalue weighted by Crippen LogP contribution is 2.33. The lowest BCUT2D eigenvalue weighted by molar-refractivity contribution is -0.141. The van der Waals surface area contributed by atoms with Gasteiger partial charge in [0.05, 0.1) is 7.11 Å². The first-order valence-corrected chi connectivity index (χ1v) is 11.5. The van der Waals surface area contributed by atoms with Crippen LogP contribution in [-0.4, -0.2) is 56.3 Å². The fourth-order valence-electron chi connectivity index (χ4n) is 4.36. The van der Waals surface area contributed by atoms with Crippen LogP contribution in [0.25, 0.3) is 11.1 Å². The summed E-state index contributed by atoms with van der Waals surface area (Å²) >= 11 is 0. The van der Waals surface area contributed by atoms with Crippen LogP contribution < -0.4 is 10.1 Å². The first-order valence-electron chi connectivity index (χ1n) is 11.5. The van der Waals surface area contributed by atoms with Crippen LogP contribution in [-0.2, 0) is 16.0 Å². The zero-order chi connectivity index (χ0) is 22.1. The van der Waals surface area contributed by atoms with Gasteiger partial charge in [0.2, 0.25) is 0 Å². The molecule has 1 aliphatic rings. The molecule has 5 nitrogen and oxygen atoms in total. The number of hydrogen-bond acceptors (Lipinski definition) is 4. The zero-order valence-corrected chi connectivity index (χ0v) is 19.2. The van der Waals surface area contributed by atoms with E-state index in [9.17, 15) is 4.79 Å². The second-order valence-corrected chi connectivity index (χ2v) is 8.16. The van der Waals surface area contributed by atoms with Gasteiger partial charge in [0.15, 0.2) is 5.60 Å². The Kier molecular flexibility index (Phi) is 8.50. The molecule has 0 radical (unpaired) electrons. The summed E-state index contributed by atoms with van der Waals surface area (Å²) in [5, 5.41) is 3.14. The summed E-state index contributed by atoms with van der Waals surface area (Å²) in [6.07, 6.45) is 3.21. The Balaban J connectivity index is 1.69. The van der Waals surface area contributed by atoms with Crippen molar-refractivity contribution >= 4 is 5.91 Å². The van der Waals surface area contributed by atoms with Gasteiger partial charge in [0, 0.05) is 25.1 Å². The Labute approximate surface area is 186 Å². The number of hydrogen-bond donors (Lipinski definition) is 1. The van der Waals surface area contributed by atoms with E-state index in [1.165, 1.54) is 0 Å². The molecule has 0 spiro atoms. The van der Waals surface area contributed by atoms with Crippen molar-refractivity contribution in [1.82, 2.24) is 10.2 Å². The van der Waals surface area contributed by atoms with E-state index < -0.39 is 5.60 Å². The topological polar surface area (TPSA) is 50.8 Å². The van der Waals surface area contributed by atoms with E-state index in [0.29, 0.717) is 19.6 Å². The van der Waals surface area contributed by atoms with E-state index in [4.69, 9.17) is 9.47 Å². The Morgan fingerprint density at radius 3 is 2.68 bits per heavy atom. The quantitative estimate of drug-likeness (QED) is 0.547. The molecular formula is C26H36N2O3. The lowest BCUT2D eigenvalue weighted by Crippen LogP contribution is -2.48. The molecule has 3 rings (SSSR count). The minimum Gasteiger partial charge on any atom is -0.496 e. The maximum absolute atomic E-state index is 13.1. The Bertz CT molecular complexity index is 842. The van der Waals surface area contributed by atoms with Crippen molar-refractivity contribution in [3.63, 3.8) is 0 Å². The molecule has 0 unspecified atom stereocenters. The molecule has 2 aromatic carbocycles. The van der Waals surface area contributed by atoms with E-state index in [0.717, 1.165) is 61.3 Å². The average molecular weight is 425 g/mol. The second-order valence-electron chi connectivity index (χ2n) is 8.16. The Morgan fingerprint density at radius 2 is 1.97 bits per heavy atom. The third-order valence-corrected chi connectivity index (χ3v) is 6.18. The predicted molar refractivity (Wildman–Crippen MR) is 125 cm³/mol. The normalized spacial score (nSPS) is 18.3. The molecule has 0 aliphatic carbocycles. The highest BCUT2D eigenvalue weighted by atomic mass is 16.5. The molecule has 168 valence electrons. The van der Waals surface area contributed by atoms with Gasteiger partial charge >= 0.3 is 0 Å². The number of amides is 1. The largest absolute Gasteiger partial charge is 0.496 e. The molecule has 2 aromatic rings. The first kappa shape index (κ1) is 23.3. The number of benzene rings is 2. The molecule has 1 heterocycles. The number of para-hydroxylation sites is 1. The number of methoxy groups -OCH3 is 1.